The average molecular weight is 404 g/mol. The Morgan fingerprint density at radius 3 is 2.44 bits per heavy atom. The summed E-state index contributed by atoms with van der Waals surface area (Å²) in [6.45, 7) is 4.46. The molecule has 1 aliphatic rings. The van der Waals surface area contributed by atoms with Gasteiger partial charge in [0.2, 0.25) is 5.91 Å². The first kappa shape index (κ1) is 18.1. The minimum atomic E-state index is 0.0252. The molecular formula is C20H24BrN2O2+. The van der Waals surface area contributed by atoms with Gasteiger partial charge in [-0.1, -0.05) is 58.4 Å². The summed E-state index contributed by atoms with van der Waals surface area (Å²) < 4.78 is 6.47. The van der Waals surface area contributed by atoms with Crippen molar-refractivity contribution in [2.75, 3.05) is 32.8 Å². The summed E-state index contributed by atoms with van der Waals surface area (Å²) in [6, 6.07) is 18.2. The molecule has 25 heavy (non-hydrogen) atoms. The highest BCUT2D eigenvalue weighted by atomic mass is 79.9. The van der Waals surface area contributed by atoms with Crippen molar-refractivity contribution in [3.63, 3.8) is 0 Å². The van der Waals surface area contributed by atoms with Gasteiger partial charge >= 0.3 is 0 Å². The number of hydrogen-bond donors (Lipinski definition) is 2. The molecule has 1 amide bonds. The summed E-state index contributed by atoms with van der Waals surface area (Å²) in [5.41, 5.74) is 2.18. The normalized spacial score (nSPS) is 16.4. The third-order valence-corrected chi connectivity index (χ3v) is 5.04. The number of amides is 1. The second-order valence-corrected chi connectivity index (χ2v) is 7.32. The van der Waals surface area contributed by atoms with Crippen LogP contribution >= 0.6 is 15.9 Å². The summed E-state index contributed by atoms with van der Waals surface area (Å²) in [5, 5.41) is 3.23. The molecule has 0 unspecified atom stereocenters. The van der Waals surface area contributed by atoms with Crippen LogP contribution in [0.2, 0.25) is 0 Å². The maximum Gasteiger partial charge on any atom is 0.225 e. The van der Waals surface area contributed by atoms with Gasteiger partial charge in [-0.15, -0.1) is 0 Å². The van der Waals surface area contributed by atoms with E-state index in [1.165, 1.54) is 4.90 Å². The number of ether oxygens (including phenoxy) is 1. The van der Waals surface area contributed by atoms with E-state index in [0.29, 0.717) is 6.42 Å². The van der Waals surface area contributed by atoms with Crippen molar-refractivity contribution in [3.05, 3.63) is 70.2 Å². The zero-order chi connectivity index (χ0) is 17.5. The fourth-order valence-corrected chi connectivity index (χ4v) is 3.39. The van der Waals surface area contributed by atoms with Gasteiger partial charge < -0.3 is 15.0 Å². The van der Waals surface area contributed by atoms with Crippen LogP contribution in [0, 0.1) is 0 Å². The zero-order valence-corrected chi connectivity index (χ0v) is 15.8. The van der Waals surface area contributed by atoms with Crippen LogP contribution in [0.4, 0.5) is 0 Å². The van der Waals surface area contributed by atoms with E-state index < -0.39 is 0 Å². The van der Waals surface area contributed by atoms with Gasteiger partial charge in [-0.05, 0) is 23.3 Å². The number of nitrogens with one attached hydrogen (secondary N) is 2. The first-order valence-corrected chi connectivity index (χ1v) is 9.50. The fourth-order valence-electron chi connectivity index (χ4n) is 3.12. The maximum atomic E-state index is 12.6. The summed E-state index contributed by atoms with van der Waals surface area (Å²) in [4.78, 5) is 14.0. The molecule has 3 rings (SSSR count). The van der Waals surface area contributed by atoms with Crippen LogP contribution in [0.3, 0.4) is 0 Å². The fraction of sp³-hybridized carbons (Fsp3) is 0.350. The van der Waals surface area contributed by atoms with Crippen LogP contribution in [0.1, 0.15) is 17.2 Å². The van der Waals surface area contributed by atoms with Crippen molar-refractivity contribution >= 4 is 21.8 Å². The molecule has 1 heterocycles. The van der Waals surface area contributed by atoms with Crippen LogP contribution in [-0.4, -0.2) is 38.8 Å². The molecule has 0 aromatic heterocycles. The van der Waals surface area contributed by atoms with Crippen LogP contribution < -0.4 is 10.2 Å². The van der Waals surface area contributed by atoms with Gasteiger partial charge in [-0.25, -0.2) is 0 Å². The van der Waals surface area contributed by atoms with Crippen molar-refractivity contribution in [3.8, 4) is 0 Å². The number of morpholine rings is 1. The Morgan fingerprint density at radius 1 is 1.08 bits per heavy atom. The average Bonchev–Trinajstić information content (AvgIpc) is 2.65. The van der Waals surface area contributed by atoms with E-state index in [0.717, 1.165) is 48.4 Å². The largest absolute Gasteiger partial charge is 0.370 e. The Labute approximate surface area is 157 Å². The number of quaternary nitrogens is 1. The Kier molecular flexibility index (Phi) is 6.62. The van der Waals surface area contributed by atoms with Gasteiger partial charge in [0, 0.05) is 4.47 Å². The Hall–Kier alpha value is -1.69. The number of benzene rings is 2. The monoisotopic (exact) mass is 403 g/mol. The third-order valence-electron chi connectivity index (χ3n) is 4.51. The van der Waals surface area contributed by atoms with Crippen LogP contribution in [0.25, 0.3) is 0 Å². The summed E-state index contributed by atoms with van der Waals surface area (Å²) in [7, 11) is 0. The van der Waals surface area contributed by atoms with Crippen molar-refractivity contribution < 1.29 is 14.4 Å². The molecule has 0 bridgehead atoms. The van der Waals surface area contributed by atoms with Crippen molar-refractivity contribution in [1.82, 2.24) is 5.32 Å². The minimum absolute atomic E-state index is 0.0252. The number of carbonyl (C=O) groups is 1. The SMILES string of the molecule is O=C(Cc1ccc(Br)cc1)N[C@H](C[NH+]1CCOCC1)c1ccccc1. The standard InChI is InChI=1S/C20H23BrN2O2/c21-18-8-6-16(7-9-18)14-20(24)22-19(17-4-2-1-3-5-17)15-23-10-12-25-13-11-23/h1-9,19H,10-15H2,(H,22,24)/p+1/t19-/m1/s1. The minimum Gasteiger partial charge on any atom is -0.370 e. The summed E-state index contributed by atoms with van der Waals surface area (Å²) in [5.74, 6) is 0.0591. The predicted octanol–water partition coefficient (Wildman–Crippen LogP) is 1.76. The second kappa shape index (κ2) is 9.13. The molecule has 1 atom stereocenters. The molecule has 1 saturated heterocycles. The number of carbonyl (C=O) groups excluding carboxylic acids is 1. The molecule has 2 aromatic rings. The zero-order valence-electron chi connectivity index (χ0n) is 14.2. The molecule has 0 saturated carbocycles. The van der Waals surface area contributed by atoms with Gasteiger partial charge in [0.1, 0.15) is 25.7 Å². The lowest BCUT2D eigenvalue weighted by molar-refractivity contribution is -0.909. The lowest BCUT2D eigenvalue weighted by atomic mass is 10.1. The van der Waals surface area contributed by atoms with E-state index >= 15 is 0 Å². The first-order valence-electron chi connectivity index (χ1n) is 8.71. The van der Waals surface area contributed by atoms with Gasteiger partial charge in [-0.2, -0.15) is 0 Å². The lowest BCUT2D eigenvalue weighted by Crippen LogP contribution is -3.14. The van der Waals surface area contributed by atoms with E-state index in [2.05, 4.69) is 33.4 Å². The van der Waals surface area contributed by atoms with Gasteiger partial charge in [0.25, 0.3) is 0 Å². The summed E-state index contributed by atoms with van der Waals surface area (Å²) >= 11 is 3.42. The first-order chi connectivity index (χ1) is 12.2. The third kappa shape index (κ3) is 5.66. The predicted molar refractivity (Wildman–Crippen MR) is 102 cm³/mol. The highest BCUT2D eigenvalue weighted by Gasteiger charge is 2.22. The molecule has 0 aliphatic carbocycles. The molecule has 132 valence electrons. The molecule has 2 aromatic carbocycles. The number of halogens is 1. The molecule has 1 fully saturated rings. The van der Waals surface area contributed by atoms with Crippen molar-refractivity contribution in [2.24, 2.45) is 0 Å². The summed E-state index contributed by atoms with van der Waals surface area (Å²) in [6.07, 6.45) is 0.398. The molecule has 1 aliphatic heterocycles. The van der Waals surface area contributed by atoms with Crippen LogP contribution in [-0.2, 0) is 16.0 Å². The number of hydrogen-bond acceptors (Lipinski definition) is 2. The molecule has 0 radical (unpaired) electrons. The number of rotatable bonds is 6. The topological polar surface area (TPSA) is 42.8 Å². The molecule has 2 N–H and O–H groups in total. The van der Waals surface area contributed by atoms with Gasteiger partial charge in [0.15, 0.2) is 0 Å². The highest BCUT2D eigenvalue weighted by Crippen LogP contribution is 2.13. The van der Waals surface area contributed by atoms with Gasteiger partial charge in [-0.3, -0.25) is 4.79 Å². The van der Waals surface area contributed by atoms with E-state index in [-0.39, 0.29) is 11.9 Å². The quantitative estimate of drug-likeness (QED) is 0.771. The van der Waals surface area contributed by atoms with Crippen molar-refractivity contribution in [1.29, 1.82) is 0 Å². The Balaban J connectivity index is 1.65. The second-order valence-electron chi connectivity index (χ2n) is 6.40. The lowest BCUT2D eigenvalue weighted by Gasteiger charge is -2.28. The van der Waals surface area contributed by atoms with E-state index in [4.69, 9.17) is 4.74 Å². The molecule has 4 nitrogen and oxygen atoms in total. The maximum absolute atomic E-state index is 12.6. The van der Waals surface area contributed by atoms with Crippen molar-refractivity contribution in [2.45, 2.75) is 12.5 Å². The smallest absolute Gasteiger partial charge is 0.225 e. The highest BCUT2D eigenvalue weighted by molar-refractivity contribution is 9.10. The molecular weight excluding hydrogens is 380 g/mol. The molecule has 5 heteroatoms. The van der Waals surface area contributed by atoms with Crippen LogP contribution in [0.5, 0.6) is 0 Å². The Bertz CT molecular complexity index is 670. The van der Waals surface area contributed by atoms with E-state index in [1.54, 1.807) is 0 Å². The molecule has 0 spiro atoms. The van der Waals surface area contributed by atoms with Crippen LogP contribution in [0.15, 0.2) is 59.1 Å². The van der Waals surface area contributed by atoms with E-state index in [9.17, 15) is 4.79 Å². The van der Waals surface area contributed by atoms with Gasteiger partial charge in [0.05, 0.1) is 19.6 Å². The Morgan fingerprint density at radius 2 is 1.76 bits per heavy atom. The van der Waals surface area contributed by atoms with E-state index in [1.807, 2.05) is 42.5 Å².